The Morgan fingerprint density at radius 3 is 1.86 bits per heavy atom. The minimum Gasteiger partial charge on any atom is -0.127 e. The molecule has 1 aromatic carbocycles. The van der Waals surface area contributed by atoms with Crippen LogP contribution in [0.3, 0.4) is 0 Å². The summed E-state index contributed by atoms with van der Waals surface area (Å²) in [6.45, 7) is 4.26. The predicted octanol–water partition coefficient (Wildman–Crippen LogP) is 4.99. The molecular formula is C12H20BrCl. The maximum Gasteiger partial charge on any atom is 0.0223 e. The summed E-state index contributed by atoms with van der Waals surface area (Å²) >= 11 is 5.38. The molecule has 1 rings (SSSR count). The zero-order valence-electron chi connectivity index (χ0n) is 9.00. The van der Waals surface area contributed by atoms with Gasteiger partial charge in [0.05, 0.1) is 0 Å². The van der Waals surface area contributed by atoms with Crippen molar-refractivity contribution in [1.29, 1.82) is 0 Å². The fourth-order valence-electron chi connectivity index (χ4n) is 0.879. The van der Waals surface area contributed by atoms with Crippen molar-refractivity contribution in [3.8, 4) is 0 Å². The predicted molar refractivity (Wildman–Crippen MR) is 71.7 cm³/mol. The third kappa shape index (κ3) is 12.0. The number of halogens is 2. The number of alkyl halides is 1. The monoisotopic (exact) mass is 278 g/mol. The van der Waals surface area contributed by atoms with Crippen molar-refractivity contribution in [3.05, 3.63) is 35.9 Å². The Morgan fingerprint density at radius 1 is 1.07 bits per heavy atom. The fourth-order valence-corrected chi connectivity index (χ4v) is 1.07. The Hall–Kier alpha value is -0.0100. The Labute approximate surface area is 103 Å². The van der Waals surface area contributed by atoms with Crippen molar-refractivity contribution in [2.24, 2.45) is 0 Å². The SMILES string of the molecule is Br.CCCCCCl.Cc1ccccc1. The molecule has 0 saturated heterocycles. The van der Waals surface area contributed by atoms with Crippen LogP contribution in [0.25, 0.3) is 0 Å². The first kappa shape index (κ1) is 16.4. The lowest BCUT2D eigenvalue weighted by Crippen LogP contribution is -1.70. The first-order valence-corrected chi connectivity index (χ1v) is 5.42. The van der Waals surface area contributed by atoms with Gasteiger partial charge in [0.2, 0.25) is 0 Å². The van der Waals surface area contributed by atoms with Crippen LogP contribution in [-0.4, -0.2) is 5.88 Å². The molecule has 0 saturated carbocycles. The molecule has 0 aliphatic carbocycles. The Balaban J connectivity index is 0. The van der Waals surface area contributed by atoms with Gasteiger partial charge in [-0.05, 0) is 13.3 Å². The second kappa shape index (κ2) is 13.0. The van der Waals surface area contributed by atoms with Crippen LogP contribution in [0.1, 0.15) is 31.7 Å². The fraction of sp³-hybridized carbons (Fsp3) is 0.500. The van der Waals surface area contributed by atoms with Crippen LogP contribution in [0.4, 0.5) is 0 Å². The van der Waals surface area contributed by atoms with Crippen LogP contribution in [0.5, 0.6) is 0 Å². The maximum absolute atomic E-state index is 5.38. The van der Waals surface area contributed by atoms with E-state index in [0.717, 1.165) is 5.88 Å². The first-order chi connectivity index (χ1) is 6.31. The summed E-state index contributed by atoms with van der Waals surface area (Å²) in [6, 6.07) is 10.3. The van der Waals surface area contributed by atoms with E-state index in [4.69, 9.17) is 11.6 Å². The minimum absolute atomic E-state index is 0. The molecule has 14 heavy (non-hydrogen) atoms. The van der Waals surface area contributed by atoms with E-state index in [1.54, 1.807) is 0 Å². The summed E-state index contributed by atoms with van der Waals surface area (Å²) in [5, 5.41) is 0. The molecule has 0 amide bonds. The highest BCUT2D eigenvalue weighted by atomic mass is 79.9. The van der Waals surface area contributed by atoms with E-state index in [2.05, 4.69) is 26.0 Å². The summed E-state index contributed by atoms with van der Waals surface area (Å²) in [5.41, 5.74) is 1.32. The van der Waals surface area contributed by atoms with Gasteiger partial charge in [0, 0.05) is 5.88 Å². The first-order valence-electron chi connectivity index (χ1n) is 4.89. The van der Waals surface area contributed by atoms with Crippen molar-refractivity contribution in [2.45, 2.75) is 33.1 Å². The molecule has 0 aromatic heterocycles. The number of rotatable bonds is 3. The average Bonchev–Trinajstić information content (AvgIpc) is 2.17. The Bertz CT molecular complexity index is 183. The molecule has 0 N–H and O–H groups in total. The van der Waals surface area contributed by atoms with E-state index >= 15 is 0 Å². The van der Waals surface area contributed by atoms with E-state index < -0.39 is 0 Å². The zero-order chi connectivity index (χ0) is 9.94. The molecular weight excluding hydrogens is 259 g/mol. The molecule has 0 radical (unpaired) electrons. The summed E-state index contributed by atoms with van der Waals surface area (Å²) < 4.78 is 0. The van der Waals surface area contributed by atoms with Gasteiger partial charge in [-0.15, -0.1) is 28.6 Å². The van der Waals surface area contributed by atoms with E-state index in [9.17, 15) is 0 Å². The standard InChI is InChI=1S/C7H8.C5H11Cl.BrH/c1-7-5-3-2-4-6-7;1-2-3-4-5-6;/h2-6H,1H3;2-5H2,1H3;1H. The highest BCUT2D eigenvalue weighted by Crippen LogP contribution is 1.93. The normalized spacial score (nSPS) is 8.21. The highest BCUT2D eigenvalue weighted by Gasteiger charge is 1.76. The average molecular weight is 280 g/mol. The Morgan fingerprint density at radius 2 is 1.64 bits per heavy atom. The second-order valence-corrected chi connectivity index (χ2v) is 3.43. The number of unbranched alkanes of at least 4 members (excludes halogenated alkanes) is 2. The third-order valence-electron chi connectivity index (χ3n) is 1.68. The molecule has 0 nitrogen and oxygen atoms in total. The summed E-state index contributed by atoms with van der Waals surface area (Å²) in [4.78, 5) is 0. The summed E-state index contributed by atoms with van der Waals surface area (Å²) in [6.07, 6.45) is 3.73. The van der Waals surface area contributed by atoms with Gasteiger partial charge >= 0.3 is 0 Å². The third-order valence-corrected chi connectivity index (χ3v) is 1.94. The smallest absolute Gasteiger partial charge is 0.0223 e. The lowest BCUT2D eigenvalue weighted by molar-refractivity contribution is 0.776. The summed E-state index contributed by atoms with van der Waals surface area (Å²) in [5.74, 6) is 0.827. The summed E-state index contributed by atoms with van der Waals surface area (Å²) in [7, 11) is 0. The van der Waals surface area contributed by atoms with E-state index in [1.165, 1.54) is 24.8 Å². The minimum atomic E-state index is 0. The van der Waals surface area contributed by atoms with Crippen LogP contribution in [-0.2, 0) is 0 Å². The van der Waals surface area contributed by atoms with Crippen molar-refractivity contribution < 1.29 is 0 Å². The molecule has 0 spiro atoms. The second-order valence-electron chi connectivity index (χ2n) is 3.05. The molecule has 0 unspecified atom stereocenters. The molecule has 0 heterocycles. The molecule has 2 heteroatoms. The molecule has 0 aliphatic rings. The van der Waals surface area contributed by atoms with Crippen molar-refractivity contribution in [2.75, 3.05) is 5.88 Å². The van der Waals surface area contributed by atoms with Crippen LogP contribution in [0.15, 0.2) is 30.3 Å². The van der Waals surface area contributed by atoms with E-state index in [-0.39, 0.29) is 17.0 Å². The highest BCUT2D eigenvalue weighted by molar-refractivity contribution is 8.93. The lowest BCUT2D eigenvalue weighted by atomic mass is 10.2. The number of benzene rings is 1. The molecule has 82 valence electrons. The van der Waals surface area contributed by atoms with Crippen molar-refractivity contribution in [1.82, 2.24) is 0 Å². The maximum atomic E-state index is 5.38. The lowest BCUT2D eigenvalue weighted by Gasteiger charge is -1.84. The van der Waals surface area contributed by atoms with Crippen LogP contribution >= 0.6 is 28.6 Å². The Kier molecular flexibility index (Phi) is 15.2. The van der Waals surface area contributed by atoms with Gasteiger partial charge < -0.3 is 0 Å². The van der Waals surface area contributed by atoms with Gasteiger partial charge in [0.15, 0.2) is 0 Å². The van der Waals surface area contributed by atoms with Gasteiger partial charge in [-0.3, -0.25) is 0 Å². The van der Waals surface area contributed by atoms with Gasteiger partial charge in [-0.2, -0.15) is 0 Å². The number of hydrogen-bond donors (Lipinski definition) is 0. The van der Waals surface area contributed by atoms with Crippen LogP contribution < -0.4 is 0 Å². The van der Waals surface area contributed by atoms with Crippen molar-refractivity contribution >= 4 is 28.6 Å². The van der Waals surface area contributed by atoms with Crippen LogP contribution in [0, 0.1) is 6.92 Å². The number of hydrogen-bond acceptors (Lipinski definition) is 0. The molecule has 1 aromatic rings. The quantitative estimate of drug-likeness (QED) is 0.540. The van der Waals surface area contributed by atoms with Gasteiger partial charge in [-0.1, -0.05) is 55.7 Å². The topological polar surface area (TPSA) is 0 Å². The van der Waals surface area contributed by atoms with Crippen LogP contribution in [0.2, 0.25) is 0 Å². The van der Waals surface area contributed by atoms with Crippen molar-refractivity contribution in [3.63, 3.8) is 0 Å². The number of aryl methyl sites for hydroxylation is 1. The van der Waals surface area contributed by atoms with Gasteiger partial charge in [0.25, 0.3) is 0 Å². The molecule has 0 atom stereocenters. The van der Waals surface area contributed by atoms with Gasteiger partial charge in [0.1, 0.15) is 0 Å². The van der Waals surface area contributed by atoms with Gasteiger partial charge in [-0.25, -0.2) is 0 Å². The largest absolute Gasteiger partial charge is 0.127 e. The zero-order valence-corrected chi connectivity index (χ0v) is 11.5. The van der Waals surface area contributed by atoms with E-state index in [1.807, 2.05) is 18.2 Å². The molecule has 0 aliphatic heterocycles. The molecule has 0 fully saturated rings. The van der Waals surface area contributed by atoms with E-state index in [0.29, 0.717) is 0 Å². The molecule has 0 bridgehead atoms.